The number of rotatable bonds is 7. The number of carbonyl (C=O) groups excluding carboxylic acids is 1. The lowest BCUT2D eigenvalue weighted by Crippen LogP contribution is -2.26. The van der Waals surface area contributed by atoms with E-state index < -0.39 is 0 Å². The fourth-order valence-corrected chi connectivity index (χ4v) is 2.08. The summed E-state index contributed by atoms with van der Waals surface area (Å²) >= 11 is 6.10. The lowest BCUT2D eigenvalue weighted by atomic mass is 10.2. The molecule has 0 saturated heterocycles. The molecule has 128 valence electrons. The number of nitrogens with zero attached hydrogens (tertiary/aromatic N) is 1. The third-order valence-electron chi connectivity index (χ3n) is 2.96. The van der Waals surface area contributed by atoms with Crippen molar-refractivity contribution in [3.63, 3.8) is 0 Å². The van der Waals surface area contributed by atoms with E-state index in [0.717, 1.165) is 12.0 Å². The van der Waals surface area contributed by atoms with Gasteiger partial charge in [-0.2, -0.15) is 0 Å². The Labute approximate surface area is 152 Å². The number of amides is 1. The molecule has 23 heavy (non-hydrogen) atoms. The minimum Gasteiger partial charge on any atom is -0.441 e. The summed E-state index contributed by atoms with van der Waals surface area (Å²) in [6.45, 7) is 1.17. The molecule has 0 aliphatic heterocycles. The average Bonchev–Trinajstić information content (AvgIpc) is 2.94. The number of oxazole rings is 1. The SMILES string of the molecule is Cl.Cl.NCCCNC(=O)CCc1ncc(-c2ccccc2Cl)o1. The Morgan fingerprint density at radius 1 is 1.30 bits per heavy atom. The first kappa shape index (κ1) is 21.7. The number of aryl methyl sites for hydroxylation is 1. The monoisotopic (exact) mass is 379 g/mol. The summed E-state index contributed by atoms with van der Waals surface area (Å²) in [5.41, 5.74) is 6.16. The molecule has 0 atom stereocenters. The molecular formula is C15H20Cl3N3O2. The summed E-state index contributed by atoms with van der Waals surface area (Å²) in [5.74, 6) is 1.11. The molecular weight excluding hydrogens is 361 g/mol. The van der Waals surface area contributed by atoms with Gasteiger partial charge in [0.1, 0.15) is 0 Å². The largest absolute Gasteiger partial charge is 0.441 e. The number of carbonyl (C=O) groups is 1. The molecule has 3 N–H and O–H groups in total. The zero-order valence-electron chi connectivity index (χ0n) is 12.5. The highest BCUT2D eigenvalue weighted by molar-refractivity contribution is 6.33. The summed E-state index contributed by atoms with van der Waals surface area (Å²) in [6.07, 6.45) is 3.20. The predicted octanol–water partition coefficient (Wildman–Crippen LogP) is 3.24. The van der Waals surface area contributed by atoms with Crippen molar-refractivity contribution in [1.29, 1.82) is 0 Å². The van der Waals surface area contributed by atoms with E-state index in [0.29, 0.717) is 42.6 Å². The molecule has 0 radical (unpaired) electrons. The molecule has 0 bridgehead atoms. The fraction of sp³-hybridized carbons (Fsp3) is 0.333. The van der Waals surface area contributed by atoms with Crippen molar-refractivity contribution in [2.45, 2.75) is 19.3 Å². The third kappa shape index (κ3) is 6.79. The van der Waals surface area contributed by atoms with Crippen LogP contribution in [0.4, 0.5) is 0 Å². The van der Waals surface area contributed by atoms with Gasteiger partial charge in [0.25, 0.3) is 0 Å². The third-order valence-corrected chi connectivity index (χ3v) is 3.29. The predicted molar refractivity (Wildman–Crippen MR) is 96.4 cm³/mol. The van der Waals surface area contributed by atoms with E-state index >= 15 is 0 Å². The quantitative estimate of drug-likeness (QED) is 0.723. The first-order chi connectivity index (χ1) is 10.2. The highest BCUT2D eigenvalue weighted by Crippen LogP contribution is 2.28. The van der Waals surface area contributed by atoms with Crippen molar-refractivity contribution >= 4 is 42.3 Å². The second kappa shape index (κ2) is 11.3. The maximum Gasteiger partial charge on any atom is 0.220 e. The summed E-state index contributed by atoms with van der Waals surface area (Å²) in [6, 6.07) is 7.40. The summed E-state index contributed by atoms with van der Waals surface area (Å²) in [4.78, 5) is 15.8. The molecule has 0 spiro atoms. The van der Waals surface area contributed by atoms with E-state index in [1.165, 1.54) is 0 Å². The lowest BCUT2D eigenvalue weighted by molar-refractivity contribution is -0.121. The van der Waals surface area contributed by atoms with Crippen LogP contribution in [-0.2, 0) is 11.2 Å². The van der Waals surface area contributed by atoms with Crippen LogP contribution in [0.15, 0.2) is 34.9 Å². The Kier molecular flexibility index (Phi) is 10.7. The van der Waals surface area contributed by atoms with Crippen LogP contribution >= 0.6 is 36.4 Å². The Morgan fingerprint density at radius 3 is 2.74 bits per heavy atom. The Balaban J connectivity index is 0.00000242. The highest BCUT2D eigenvalue weighted by Gasteiger charge is 2.10. The van der Waals surface area contributed by atoms with Crippen LogP contribution in [0, 0.1) is 0 Å². The van der Waals surface area contributed by atoms with Crippen molar-refractivity contribution in [1.82, 2.24) is 10.3 Å². The molecule has 0 aliphatic rings. The number of hydrogen-bond donors (Lipinski definition) is 2. The van der Waals surface area contributed by atoms with Gasteiger partial charge in [0, 0.05) is 24.9 Å². The zero-order chi connectivity index (χ0) is 15.1. The molecule has 1 heterocycles. The van der Waals surface area contributed by atoms with Crippen molar-refractivity contribution in [2.75, 3.05) is 13.1 Å². The number of benzene rings is 1. The van der Waals surface area contributed by atoms with Crippen molar-refractivity contribution in [2.24, 2.45) is 5.73 Å². The molecule has 2 rings (SSSR count). The van der Waals surface area contributed by atoms with Crippen molar-refractivity contribution < 1.29 is 9.21 Å². The van der Waals surface area contributed by atoms with Crippen LogP contribution in [0.5, 0.6) is 0 Å². The minimum absolute atomic E-state index is 0. The number of nitrogens with one attached hydrogen (secondary N) is 1. The summed E-state index contributed by atoms with van der Waals surface area (Å²) in [5, 5.41) is 3.40. The normalized spacial score (nSPS) is 9.65. The second-order valence-corrected chi connectivity index (χ2v) is 5.00. The molecule has 1 aromatic heterocycles. The maximum absolute atomic E-state index is 11.6. The van der Waals surface area contributed by atoms with Crippen LogP contribution in [0.2, 0.25) is 5.02 Å². The van der Waals surface area contributed by atoms with Gasteiger partial charge in [-0.25, -0.2) is 4.98 Å². The molecule has 0 unspecified atom stereocenters. The molecule has 0 saturated carbocycles. The first-order valence-electron chi connectivity index (χ1n) is 6.87. The highest BCUT2D eigenvalue weighted by atomic mass is 35.5. The topological polar surface area (TPSA) is 81.1 Å². The van der Waals surface area contributed by atoms with E-state index in [1.54, 1.807) is 12.3 Å². The number of halogens is 3. The van der Waals surface area contributed by atoms with Crippen LogP contribution in [0.3, 0.4) is 0 Å². The maximum atomic E-state index is 11.6. The molecule has 0 fully saturated rings. The van der Waals surface area contributed by atoms with Gasteiger partial charge in [-0.15, -0.1) is 24.8 Å². The molecule has 8 heteroatoms. The number of hydrogen-bond acceptors (Lipinski definition) is 4. The zero-order valence-corrected chi connectivity index (χ0v) is 14.8. The molecule has 1 amide bonds. The average molecular weight is 381 g/mol. The smallest absolute Gasteiger partial charge is 0.220 e. The first-order valence-corrected chi connectivity index (χ1v) is 7.25. The second-order valence-electron chi connectivity index (χ2n) is 4.59. The van der Waals surface area contributed by atoms with Crippen molar-refractivity contribution in [3.8, 4) is 11.3 Å². The fourth-order valence-electron chi connectivity index (χ4n) is 1.85. The van der Waals surface area contributed by atoms with Crippen LogP contribution in [0.1, 0.15) is 18.7 Å². The standard InChI is InChI=1S/C15H18ClN3O2.2ClH/c16-12-5-2-1-4-11(12)13-10-19-15(21-13)7-6-14(20)18-9-3-8-17;;/h1-2,4-5,10H,3,6-9,17H2,(H,18,20);2*1H. The van der Waals surface area contributed by atoms with Gasteiger partial charge in [0.2, 0.25) is 5.91 Å². The van der Waals surface area contributed by atoms with Gasteiger partial charge in [-0.3, -0.25) is 4.79 Å². The van der Waals surface area contributed by atoms with Gasteiger partial charge in [0.05, 0.1) is 11.2 Å². The van der Waals surface area contributed by atoms with Gasteiger partial charge in [-0.1, -0.05) is 23.7 Å². The van der Waals surface area contributed by atoms with E-state index in [9.17, 15) is 4.79 Å². The Morgan fingerprint density at radius 2 is 2.04 bits per heavy atom. The summed E-state index contributed by atoms with van der Waals surface area (Å²) < 4.78 is 5.63. The van der Waals surface area contributed by atoms with Gasteiger partial charge >= 0.3 is 0 Å². The minimum atomic E-state index is -0.0269. The molecule has 5 nitrogen and oxygen atoms in total. The van der Waals surface area contributed by atoms with E-state index in [-0.39, 0.29) is 30.7 Å². The molecule has 1 aromatic carbocycles. The van der Waals surface area contributed by atoms with E-state index in [4.69, 9.17) is 21.8 Å². The van der Waals surface area contributed by atoms with E-state index in [2.05, 4.69) is 10.3 Å². The summed E-state index contributed by atoms with van der Waals surface area (Å²) in [7, 11) is 0. The van der Waals surface area contributed by atoms with Gasteiger partial charge in [-0.05, 0) is 25.1 Å². The van der Waals surface area contributed by atoms with Gasteiger partial charge in [0.15, 0.2) is 11.7 Å². The Hall–Kier alpha value is -1.27. The van der Waals surface area contributed by atoms with Gasteiger partial charge < -0.3 is 15.5 Å². The molecule has 2 aromatic rings. The number of aromatic nitrogens is 1. The van der Waals surface area contributed by atoms with Crippen LogP contribution in [-0.4, -0.2) is 24.0 Å². The van der Waals surface area contributed by atoms with Crippen LogP contribution < -0.4 is 11.1 Å². The Bertz CT molecular complexity index is 605. The lowest BCUT2D eigenvalue weighted by Gasteiger charge is -2.02. The van der Waals surface area contributed by atoms with Crippen LogP contribution in [0.25, 0.3) is 11.3 Å². The van der Waals surface area contributed by atoms with Crippen molar-refractivity contribution in [3.05, 3.63) is 41.4 Å². The number of nitrogens with two attached hydrogens (primary N) is 1. The molecule has 0 aliphatic carbocycles. The van der Waals surface area contributed by atoms with E-state index in [1.807, 2.05) is 18.2 Å².